The van der Waals surface area contributed by atoms with Crippen molar-refractivity contribution in [3.8, 4) is 0 Å². The number of unbranched alkanes of at least 4 members (excludes halogenated alkanes) is 20. The molecule has 0 saturated carbocycles. The smallest absolute Gasteiger partial charge is 0.305 e. The Kier molecular flexibility index (Phi) is 35.1. The van der Waals surface area contributed by atoms with Crippen LogP contribution in [0.1, 0.15) is 187 Å². The number of ether oxygens (including phenoxy) is 1. The van der Waals surface area contributed by atoms with Crippen LogP contribution in [-0.2, 0) is 9.53 Å². The molecule has 41 heavy (non-hydrogen) atoms. The van der Waals surface area contributed by atoms with Crippen molar-refractivity contribution in [3.05, 3.63) is 48.6 Å². The maximum atomic E-state index is 11.9. The van der Waals surface area contributed by atoms with Crippen LogP contribution in [0.25, 0.3) is 0 Å². The summed E-state index contributed by atoms with van der Waals surface area (Å²) < 4.78 is 5.43. The Bertz CT molecular complexity index is 627. The van der Waals surface area contributed by atoms with E-state index in [1.54, 1.807) is 0 Å². The number of carbonyl (C=O) groups is 1. The second-order valence-electron chi connectivity index (χ2n) is 11.8. The molecule has 2 nitrogen and oxygen atoms in total. The van der Waals surface area contributed by atoms with Gasteiger partial charge in [-0.3, -0.25) is 4.79 Å². The molecule has 0 saturated heterocycles. The van der Waals surface area contributed by atoms with Gasteiger partial charge in [-0.15, -0.1) is 0 Å². The second-order valence-corrected chi connectivity index (χ2v) is 11.8. The summed E-state index contributed by atoms with van der Waals surface area (Å²) in [7, 11) is 0. The summed E-state index contributed by atoms with van der Waals surface area (Å²) in [6.45, 7) is 5.12. The van der Waals surface area contributed by atoms with Gasteiger partial charge >= 0.3 is 5.97 Å². The Balaban J connectivity index is 3.27. The summed E-state index contributed by atoms with van der Waals surface area (Å²) in [5, 5.41) is 0. The topological polar surface area (TPSA) is 26.3 Å². The Morgan fingerprint density at radius 2 is 0.756 bits per heavy atom. The standard InChI is InChI=1S/C39H70O2/c1-3-5-7-9-11-13-15-17-19-20-21-22-24-26-28-30-32-34-36-38-41-39(40)37-35-33-31-29-27-25-23-18-16-14-12-10-8-6-4-2/h11-14,17-19,23H,3-10,15-16,20-22,24-38H2,1-2H3. The van der Waals surface area contributed by atoms with E-state index in [-0.39, 0.29) is 5.97 Å². The number of esters is 1. The lowest BCUT2D eigenvalue weighted by molar-refractivity contribution is -0.143. The number of rotatable bonds is 32. The Morgan fingerprint density at radius 1 is 0.415 bits per heavy atom. The Labute approximate surface area is 257 Å². The van der Waals surface area contributed by atoms with Crippen LogP contribution in [0.2, 0.25) is 0 Å². The molecular weight excluding hydrogens is 500 g/mol. The summed E-state index contributed by atoms with van der Waals surface area (Å²) in [6.07, 6.45) is 51.7. The van der Waals surface area contributed by atoms with Crippen LogP contribution in [0.5, 0.6) is 0 Å². The molecule has 0 amide bonds. The highest BCUT2D eigenvalue weighted by Crippen LogP contribution is 2.12. The molecule has 0 N–H and O–H groups in total. The fourth-order valence-corrected chi connectivity index (χ4v) is 4.96. The molecule has 0 radical (unpaired) electrons. The van der Waals surface area contributed by atoms with E-state index in [0.29, 0.717) is 13.0 Å². The van der Waals surface area contributed by atoms with Gasteiger partial charge in [-0.2, -0.15) is 0 Å². The largest absolute Gasteiger partial charge is 0.466 e. The lowest BCUT2D eigenvalue weighted by atomic mass is 10.1. The van der Waals surface area contributed by atoms with Crippen molar-refractivity contribution in [3.63, 3.8) is 0 Å². The van der Waals surface area contributed by atoms with Crippen LogP contribution >= 0.6 is 0 Å². The maximum absolute atomic E-state index is 11.9. The van der Waals surface area contributed by atoms with Crippen LogP contribution in [0, 0.1) is 0 Å². The molecule has 0 aromatic heterocycles. The first kappa shape index (κ1) is 39.4. The minimum absolute atomic E-state index is 0.00407. The van der Waals surface area contributed by atoms with Crippen molar-refractivity contribution in [2.24, 2.45) is 0 Å². The highest BCUT2D eigenvalue weighted by atomic mass is 16.5. The zero-order chi connectivity index (χ0) is 29.7. The summed E-state index contributed by atoms with van der Waals surface area (Å²) in [5.74, 6) is 0.00407. The third-order valence-corrected chi connectivity index (χ3v) is 7.69. The fraction of sp³-hybridized carbons (Fsp3) is 0.769. The molecule has 0 heterocycles. The molecule has 0 aliphatic heterocycles. The predicted octanol–water partition coefficient (Wildman–Crippen LogP) is 13.3. The quantitative estimate of drug-likeness (QED) is 0.0457. The van der Waals surface area contributed by atoms with E-state index in [1.807, 2.05) is 0 Å². The van der Waals surface area contributed by atoms with Gasteiger partial charge in [-0.05, 0) is 77.0 Å². The molecule has 0 aromatic rings. The Morgan fingerprint density at radius 3 is 1.17 bits per heavy atom. The predicted molar refractivity (Wildman–Crippen MR) is 184 cm³/mol. The Hall–Kier alpha value is -1.57. The van der Waals surface area contributed by atoms with E-state index in [0.717, 1.165) is 32.1 Å². The average Bonchev–Trinajstić information content (AvgIpc) is 2.98. The van der Waals surface area contributed by atoms with Crippen molar-refractivity contribution in [2.75, 3.05) is 6.61 Å². The highest BCUT2D eigenvalue weighted by Gasteiger charge is 2.02. The lowest BCUT2D eigenvalue weighted by Gasteiger charge is -2.05. The van der Waals surface area contributed by atoms with Crippen molar-refractivity contribution < 1.29 is 9.53 Å². The SMILES string of the molecule is CCCCCC=CCC=CCCCCCCCCCCCOC(=O)CCCCCCCC=CCC=CCCCCC. The molecule has 0 atom stereocenters. The second kappa shape index (κ2) is 36.5. The molecule has 238 valence electrons. The normalized spacial score (nSPS) is 12.1. The molecule has 0 aliphatic rings. The van der Waals surface area contributed by atoms with Crippen LogP contribution in [0.15, 0.2) is 48.6 Å². The molecule has 0 fully saturated rings. The first-order chi connectivity index (χ1) is 20.3. The van der Waals surface area contributed by atoms with Crippen molar-refractivity contribution >= 4 is 5.97 Å². The molecule has 2 heteroatoms. The zero-order valence-corrected chi connectivity index (χ0v) is 27.7. The third kappa shape index (κ3) is 36.4. The zero-order valence-electron chi connectivity index (χ0n) is 27.7. The first-order valence-electron chi connectivity index (χ1n) is 18.1. The van der Waals surface area contributed by atoms with Crippen LogP contribution in [0.4, 0.5) is 0 Å². The van der Waals surface area contributed by atoms with E-state index in [1.165, 1.54) is 135 Å². The molecular formula is C39H70O2. The third-order valence-electron chi connectivity index (χ3n) is 7.69. The minimum Gasteiger partial charge on any atom is -0.466 e. The first-order valence-corrected chi connectivity index (χ1v) is 18.1. The molecule has 0 bridgehead atoms. The molecule has 0 unspecified atom stereocenters. The van der Waals surface area contributed by atoms with Gasteiger partial charge in [0.1, 0.15) is 0 Å². The van der Waals surface area contributed by atoms with Crippen molar-refractivity contribution in [1.29, 1.82) is 0 Å². The lowest BCUT2D eigenvalue weighted by Crippen LogP contribution is -2.05. The summed E-state index contributed by atoms with van der Waals surface area (Å²) in [5.41, 5.74) is 0. The molecule has 0 spiro atoms. The van der Waals surface area contributed by atoms with Gasteiger partial charge in [0.2, 0.25) is 0 Å². The summed E-state index contributed by atoms with van der Waals surface area (Å²) in [6, 6.07) is 0. The summed E-state index contributed by atoms with van der Waals surface area (Å²) in [4.78, 5) is 11.9. The van der Waals surface area contributed by atoms with E-state index < -0.39 is 0 Å². The van der Waals surface area contributed by atoms with E-state index >= 15 is 0 Å². The van der Waals surface area contributed by atoms with Crippen molar-refractivity contribution in [2.45, 2.75) is 187 Å². The highest BCUT2D eigenvalue weighted by molar-refractivity contribution is 5.69. The van der Waals surface area contributed by atoms with E-state index in [2.05, 4.69) is 62.5 Å². The molecule has 0 aliphatic carbocycles. The van der Waals surface area contributed by atoms with Gasteiger partial charge in [-0.25, -0.2) is 0 Å². The molecule has 0 rings (SSSR count). The van der Waals surface area contributed by atoms with Gasteiger partial charge < -0.3 is 4.74 Å². The number of carbonyl (C=O) groups excluding carboxylic acids is 1. The minimum atomic E-state index is 0.00407. The van der Waals surface area contributed by atoms with Gasteiger partial charge in [0.15, 0.2) is 0 Å². The van der Waals surface area contributed by atoms with Crippen LogP contribution in [0.3, 0.4) is 0 Å². The summed E-state index contributed by atoms with van der Waals surface area (Å²) >= 11 is 0. The number of hydrogen-bond acceptors (Lipinski definition) is 2. The van der Waals surface area contributed by atoms with Crippen LogP contribution < -0.4 is 0 Å². The van der Waals surface area contributed by atoms with Crippen LogP contribution in [-0.4, -0.2) is 12.6 Å². The average molecular weight is 571 g/mol. The molecule has 0 aromatic carbocycles. The van der Waals surface area contributed by atoms with Gasteiger partial charge in [0, 0.05) is 6.42 Å². The maximum Gasteiger partial charge on any atom is 0.305 e. The van der Waals surface area contributed by atoms with Crippen molar-refractivity contribution in [1.82, 2.24) is 0 Å². The fourth-order valence-electron chi connectivity index (χ4n) is 4.96. The van der Waals surface area contributed by atoms with E-state index in [4.69, 9.17) is 4.74 Å². The number of allylic oxidation sites excluding steroid dienone is 8. The monoisotopic (exact) mass is 571 g/mol. The number of hydrogen-bond donors (Lipinski definition) is 0. The van der Waals surface area contributed by atoms with Gasteiger partial charge in [0.05, 0.1) is 6.61 Å². The van der Waals surface area contributed by atoms with Gasteiger partial charge in [-0.1, -0.05) is 152 Å². The van der Waals surface area contributed by atoms with Gasteiger partial charge in [0.25, 0.3) is 0 Å². The van der Waals surface area contributed by atoms with E-state index in [9.17, 15) is 4.79 Å².